The normalized spacial score (nSPS) is 14.6. The first-order chi connectivity index (χ1) is 11.8. The van der Waals surface area contributed by atoms with Crippen molar-refractivity contribution in [2.45, 2.75) is 13.3 Å². The Hall–Kier alpha value is -2.96. The number of aromatic nitrogens is 2. The number of nitrogens with one attached hydrogen (secondary N) is 1. The van der Waals surface area contributed by atoms with Crippen LogP contribution in [-0.4, -0.2) is 41.7 Å². The van der Waals surface area contributed by atoms with Crippen LogP contribution in [0.3, 0.4) is 0 Å². The number of hydrogen-bond acceptors (Lipinski definition) is 7. The van der Waals surface area contributed by atoms with E-state index in [1.807, 2.05) is 31.2 Å². The molecule has 0 fully saturated rings. The highest BCUT2D eigenvalue weighted by atomic mass is 16.6. The van der Waals surface area contributed by atoms with Crippen LogP contribution < -0.4 is 10.1 Å². The lowest BCUT2D eigenvalue weighted by molar-refractivity contribution is 0.214. The molecule has 1 aromatic carbocycles. The molecule has 0 spiro atoms. The fraction of sp³-hybridized carbons (Fsp3) is 0.294. The molecule has 0 saturated carbocycles. The van der Waals surface area contributed by atoms with Crippen molar-refractivity contribution in [2.75, 3.05) is 20.2 Å². The average Bonchev–Trinajstić information content (AvgIpc) is 2.61. The largest absolute Gasteiger partial charge is 0.438 e. The van der Waals surface area contributed by atoms with Gasteiger partial charge in [-0.05, 0) is 25.5 Å². The summed E-state index contributed by atoms with van der Waals surface area (Å²) in [6, 6.07) is 9.37. The Morgan fingerprint density at radius 1 is 1.25 bits per heavy atom. The molecule has 124 valence electrons. The molecule has 0 unspecified atom stereocenters. The van der Waals surface area contributed by atoms with Crippen LogP contribution in [0.4, 0.5) is 0 Å². The van der Waals surface area contributed by atoms with Crippen LogP contribution in [-0.2, 0) is 4.84 Å². The van der Waals surface area contributed by atoms with Gasteiger partial charge < -0.3 is 14.9 Å². The summed E-state index contributed by atoms with van der Waals surface area (Å²) in [5, 5.41) is 7.41. The molecular formula is C17H19N5O2. The van der Waals surface area contributed by atoms with Crippen molar-refractivity contribution in [3.05, 3.63) is 47.9 Å². The third-order valence-corrected chi connectivity index (χ3v) is 3.44. The number of rotatable bonds is 5. The summed E-state index contributed by atoms with van der Waals surface area (Å²) in [5.41, 5.74) is 2.23. The predicted octanol–water partition coefficient (Wildman–Crippen LogP) is 2.32. The number of oxime groups is 1. The Labute approximate surface area is 140 Å². The molecule has 7 nitrogen and oxygen atoms in total. The molecule has 1 aromatic heterocycles. The van der Waals surface area contributed by atoms with E-state index < -0.39 is 0 Å². The standard InChI is InChI=1S/C17H19N5O2/c1-12-10-15(21-11-20-12)24-14-7-4-3-6-13(14)16(22-23-2)17-18-8-5-9-19-17/h3-4,6-7,10-11H,5,8-9H2,1-2H3,(H,18,19)/b22-16+. The zero-order valence-corrected chi connectivity index (χ0v) is 13.7. The van der Waals surface area contributed by atoms with Crippen molar-refractivity contribution >= 4 is 11.5 Å². The van der Waals surface area contributed by atoms with E-state index in [9.17, 15) is 0 Å². The van der Waals surface area contributed by atoms with E-state index in [0.29, 0.717) is 23.2 Å². The van der Waals surface area contributed by atoms with Crippen molar-refractivity contribution in [3.8, 4) is 11.6 Å². The molecule has 0 saturated heterocycles. The number of hydrogen-bond donors (Lipinski definition) is 1. The lowest BCUT2D eigenvalue weighted by Crippen LogP contribution is -2.36. The zero-order chi connectivity index (χ0) is 16.8. The molecule has 3 rings (SSSR count). The molecule has 24 heavy (non-hydrogen) atoms. The summed E-state index contributed by atoms with van der Waals surface area (Å²) in [6.07, 6.45) is 2.48. The Bertz CT molecular complexity index is 773. The minimum absolute atomic E-state index is 0.477. The Morgan fingerprint density at radius 2 is 2.12 bits per heavy atom. The zero-order valence-electron chi connectivity index (χ0n) is 13.7. The second kappa shape index (κ2) is 7.54. The lowest BCUT2D eigenvalue weighted by atomic mass is 10.1. The van der Waals surface area contributed by atoms with Crippen molar-refractivity contribution in [1.82, 2.24) is 15.3 Å². The van der Waals surface area contributed by atoms with Crippen LogP contribution in [0.5, 0.6) is 11.6 Å². The van der Waals surface area contributed by atoms with Crippen molar-refractivity contribution in [3.63, 3.8) is 0 Å². The summed E-state index contributed by atoms with van der Waals surface area (Å²) < 4.78 is 5.94. The summed E-state index contributed by atoms with van der Waals surface area (Å²) in [7, 11) is 1.51. The minimum Gasteiger partial charge on any atom is -0.438 e. The summed E-state index contributed by atoms with van der Waals surface area (Å²) in [6.45, 7) is 3.51. The molecule has 1 aliphatic rings. The number of nitrogens with zero attached hydrogens (tertiary/aromatic N) is 4. The highest BCUT2D eigenvalue weighted by Crippen LogP contribution is 2.25. The van der Waals surface area contributed by atoms with Crippen LogP contribution in [0.15, 0.2) is 46.8 Å². The molecule has 1 aliphatic heterocycles. The van der Waals surface area contributed by atoms with Gasteiger partial charge in [-0.1, -0.05) is 17.3 Å². The van der Waals surface area contributed by atoms with Gasteiger partial charge in [-0.25, -0.2) is 9.97 Å². The van der Waals surface area contributed by atoms with Crippen molar-refractivity contribution in [2.24, 2.45) is 10.1 Å². The average molecular weight is 325 g/mol. The number of ether oxygens (including phenoxy) is 1. The number of amidine groups is 1. The highest BCUT2D eigenvalue weighted by Gasteiger charge is 2.19. The van der Waals surface area contributed by atoms with Crippen LogP contribution in [0.2, 0.25) is 0 Å². The van der Waals surface area contributed by atoms with Gasteiger partial charge in [-0.15, -0.1) is 0 Å². The molecular weight excluding hydrogens is 306 g/mol. The van der Waals surface area contributed by atoms with Crippen LogP contribution in [0.25, 0.3) is 0 Å². The second-order valence-electron chi connectivity index (χ2n) is 5.23. The third kappa shape index (κ3) is 3.68. The van der Waals surface area contributed by atoms with Gasteiger partial charge in [0.15, 0.2) is 11.5 Å². The van der Waals surface area contributed by atoms with E-state index in [1.54, 1.807) is 6.07 Å². The van der Waals surface area contributed by atoms with Gasteiger partial charge in [0.1, 0.15) is 19.2 Å². The van der Waals surface area contributed by atoms with Gasteiger partial charge >= 0.3 is 0 Å². The molecule has 1 N–H and O–H groups in total. The molecule has 0 aliphatic carbocycles. The molecule has 0 atom stereocenters. The molecule has 2 heterocycles. The monoisotopic (exact) mass is 325 g/mol. The first kappa shape index (κ1) is 15.9. The second-order valence-corrected chi connectivity index (χ2v) is 5.23. The van der Waals surface area contributed by atoms with Gasteiger partial charge in [0.05, 0.1) is 5.56 Å². The Kier molecular flexibility index (Phi) is 5.00. The van der Waals surface area contributed by atoms with Crippen LogP contribution >= 0.6 is 0 Å². The van der Waals surface area contributed by atoms with Gasteiger partial charge in [0, 0.05) is 24.8 Å². The summed E-state index contributed by atoms with van der Waals surface area (Å²) in [5.74, 6) is 1.81. The van der Waals surface area contributed by atoms with Crippen molar-refractivity contribution < 1.29 is 9.57 Å². The predicted molar refractivity (Wildman–Crippen MR) is 91.8 cm³/mol. The van der Waals surface area contributed by atoms with Crippen molar-refractivity contribution in [1.29, 1.82) is 0 Å². The van der Waals surface area contributed by atoms with E-state index >= 15 is 0 Å². The maximum absolute atomic E-state index is 5.94. The van der Waals surface area contributed by atoms with Gasteiger partial charge in [0.25, 0.3) is 0 Å². The number of benzene rings is 1. The van der Waals surface area contributed by atoms with E-state index in [-0.39, 0.29) is 0 Å². The first-order valence-electron chi connectivity index (χ1n) is 7.73. The maximum atomic E-state index is 5.94. The Balaban J connectivity index is 1.97. The van der Waals surface area contributed by atoms with Gasteiger partial charge in [0.2, 0.25) is 5.88 Å². The lowest BCUT2D eigenvalue weighted by Gasteiger charge is -2.17. The number of para-hydroxylation sites is 1. The number of aryl methyl sites for hydroxylation is 1. The SMILES string of the molecule is CO/N=C(/C1=NCCCN1)c1ccccc1Oc1cc(C)ncn1. The van der Waals surface area contributed by atoms with E-state index in [2.05, 4.69) is 25.4 Å². The molecule has 0 bridgehead atoms. The quantitative estimate of drug-likeness (QED) is 0.674. The molecule has 7 heteroatoms. The topological polar surface area (TPSA) is 81.0 Å². The Morgan fingerprint density at radius 3 is 2.88 bits per heavy atom. The fourth-order valence-electron chi connectivity index (χ4n) is 2.35. The van der Waals surface area contributed by atoms with E-state index in [0.717, 1.165) is 30.8 Å². The van der Waals surface area contributed by atoms with Gasteiger partial charge in [-0.2, -0.15) is 0 Å². The van der Waals surface area contributed by atoms with Crippen LogP contribution in [0, 0.1) is 6.92 Å². The fourth-order valence-corrected chi connectivity index (χ4v) is 2.35. The molecule has 2 aromatic rings. The minimum atomic E-state index is 0.477. The summed E-state index contributed by atoms with van der Waals surface area (Å²) >= 11 is 0. The maximum Gasteiger partial charge on any atom is 0.222 e. The van der Waals surface area contributed by atoms with Gasteiger partial charge in [-0.3, -0.25) is 4.99 Å². The highest BCUT2D eigenvalue weighted by molar-refractivity contribution is 6.48. The molecule has 0 radical (unpaired) electrons. The van der Waals surface area contributed by atoms with E-state index in [1.165, 1.54) is 13.4 Å². The smallest absolute Gasteiger partial charge is 0.222 e. The summed E-state index contributed by atoms with van der Waals surface area (Å²) in [4.78, 5) is 17.7. The first-order valence-corrected chi connectivity index (χ1v) is 7.73. The third-order valence-electron chi connectivity index (χ3n) is 3.44. The number of aliphatic imine (C=N–C) groups is 1. The van der Waals surface area contributed by atoms with E-state index in [4.69, 9.17) is 9.57 Å². The molecule has 0 amide bonds. The van der Waals surface area contributed by atoms with Crippen LogP contribution in [0.1, 0.15) is 17.7 Å².